The van der Waals surface area contributed by atoms with Gasteiger partial charge in [-0.05, 0) is 49.2 Å². The zero-order valence-corrected chi connectivity index (χ0v) is 13.5. The second-order valence-electron chi connectivity index (χ2n) is 6.08. The van der Waals surface area contributed by atoms with Gasteiger partial charge < -0.3 is 10.6 Å². The number of hydrogen-bond donors (Lipinski definition) is 2. The molecule has 5 heteroatoms. The summed E-state index contributed by atoms with van der Waals surface area (Å²) in [4.78, 5) is 28.4. The Balaban J connectivity index is 1.60. The molecule has 2 N–H and O–H groups in total. The number of amides is 2. The number of nitrogens with zero attached hydrogens (tertiary/aromatic N) is 1. The normalized spacial score (nSPS) is 14.8. The Morgan fingerprint density at radius 3 is 2.04 bits per heavy atom. The van der Waals surface area contributed by atoms with Gasteiger partial charge in [0, 0.05) is 35.2 Å². The number of anilines is 1. The third-order valence-electron chi connectivity index (χ3n) is 4.29. The van der Waals surface area contributed by atoms with Gasteiger partial charge in [-0.15, -0.1) is 0 Å². The van der Waals surface area contributed by atoms with Gasteiger partial charge in [-0.1, -0.05) is 19.3 Å². The van der Waals surface area contributed by atoms with Crippen LogP contribution in [0.15, 0.2) is 48.8 Å². The Morgan fingerprint density at radius 1 is 0.833 bits per heavy atom. The number of carbonyl (C=O) groups is 2. The van der Waals surface area contributed by atoms with Crippen LogP contribution in [0.3, 0.4) is 0 Å². The first-order chi connectivity index (χ1) is 11.7. The maximum Gasteiger partial charge on any atom is 0.255 e. The third-order valence-corrected chi connectivity index (χ3v) is 4.29. The molecule has 2 amide bonds. The maximum atomic E-state index is 12.3. The van der Waals surface area contributed by atoms with Crippen molar-refractivity contribution in [3.8, 4) is 0 Å². The summed E-state index contributed by atoms with van der Waals surface area (Å²) < 4.78 is 0. The zero-order valence-electron chi connectivity index (χ0n) is 13.5. The van der Waals surface area contributed by atoms with Crippen molar-refractivity contribution >= 4 is 17.5 Å². The molecule has 1 aliphatic carbocycles. The van der Waals surface area contributed by atoms with E-state index >= 15 is 0 Å². The Labute approximate surface area is 141 Å². The van der Waals surface area contributed by atoms with Gasteiger partial charge in [-0.25, -0.2) is 0 Å². The molecule has 1 aromatic carbocycles. The average Bonchev–Trinajstić information content (AvgIpc) is 2.63. The van der Waals surface area contributed by atoms with Crippen LogP contribution in [0, 0.1) is 0 Å². The van der Waals surface area contributed by atoms with Crippen LogP contribution >= 0.6 is 0 Å². The van der Waals surface area contributed by atoms with Crippen molar-refractivity contribution in [2.75, 3.05) is 5.32 Å². The standard InChI is InChI=1S/C19H21N3O2/c23-18(21-16-4-2-1-3-5-16)14-6-8-15(9-7-14)19(24)22-17-10-12-20-13-11-17/h6-13,16H,1-5H2,(H,21,23)(H,20,22,24). The number of hydrogen-bond acceptors (Lipinski definition) is 3. The van der Waals surface area contributed by atoms with Gasteiger partial charge in [-0.2, -0.15) is 0 Å². The Morgan fingerprint density at radius 2 is 1.42 bits per heavy atom. The lowest BCUT2D eigenvalue weighted by Gasteiger charge is -2.22. The van der Waals surface area contributed by atoms with Crippen molar-refractivity contribution in [1.82, 2.24) is 10.3 Å². The first-order valence-corrected chi connectivity index (χ1v) is 8.35. The molecule has 0 bridgehead atoms. The van der Waals surface area contributed by atoms with E-state index in [1.54, 1.807) is 48.8 Å². The smallest absolute Gasteiger partial charge is 0.255 e. The Bertz CT molecular complexity index is 692. The van der Waals surface area contributed by atoms with Crippen LogP contribution in [-0.2, 0) is 0 Å². The lowest BCUT2D eigenvalue weighted by atomic mass is 9.95. The summed E-state index contributed by atoms with van der Waals surface area (Å²) in [6, 6.07) is 10.5. The number of aromatic nitrogens is 1. The van der Waals surface area contributed by atoms with E-state index in [-0.39, 0.29) is 17.9 Å². The van der Waals surface area contributed by atoms with Crippen LogP contribution in [0.2, 0.25) is 0 Å². The van der Waals surface area contributed by atoms with Crippen molar-refractivity contribution in [2.45, 2.75) is 38.1 Å². The molecular formula is C19H21N3O2. The Hall–Kier alpha value is -2.69. The van der Waals surface area contributed by atoms with E-state index in [0.29, 0.717) is 16.8 Å². The highest BCUT2D eigenvalue weighted by Crippen LogP contribution is 2.18. The fraction of sp³-hybridized carbons (Fsp3) is 0.316. The second-order valence-corrected chi connectivity index (χ2v) is 6.08. The molecule has 0 unspecified atom stereocenters. The Kier molecular flexibility index (Phi) is 5.21. The SMILES string of the molecule is O=C(Nc1ccncc1)c1ccc(C(=O)NC2CCCCC2)cc1. The number of carbonyl (C=O) groups excluding carboxylic acids is 2. The van der Waals surface area contributed by atoms with Crippen molar-refractivity contribution < 1.29 is 9.59 Å². The first kappa shape index (κ1) is 16.2. The lowest BCUT2D eigenvalue weighted by Crippen LogP contribution is -2.36. The van der Waals surface area contributed by atoms with Gasteiger partial charge >= 0.3 is 0 Å². The van der Waals surface area contributed by atoms with E-state index < -0.39 is 0 Å². The summed E-state index contributed by atoms with van der Waals surface area (Å²) in [5.74, 6) is -0.275. The molecule has 1 aromatic heterocycles. The number of benzene rings is 1. The quantitative estimate of drug-likeness (QED) is 0.906. The molecule has 0 aliphatic heterocycles. The second kappa shape index (κ2) is 7.73. The largest absolute Gasteiger partial charge is 0.349 e. The van der Waals surface area contributed by atoms with E-state index in [0.717, 1.165) is 12.8 Å². The fourth-order valence-corrected chi connectivity index (χ4v) is 2.93. The predicted molar refractivity (Wildman–Crippen MR) is 93.0 cm³/mol. The van der Waals surface area contributed by atoms with Gasteiger partial charge in [0.1, 0.15) is 0 Å². The summed E-state index contributed by atoms with van der Waals surface area (Å²) in [7, 11) is 0. The van der Waals surface area contributed by atoms with Gasteiger partial charge in [0.2, 0.25) is 0 Å². The fourth-order valence-electron chi connectivity index (χ4n) is 2.93. The van der Waals surface area contributed by atoms with Crippen molar-refractivity contribution in [2.24, 2.45) is 0 Å². The number of pyridine rings is 1. The monoisotopic (exact) mass is 323 g/mol. The minimum atomic E-state index is -0.208. The molecule has 1 fully saturated rings. The number of nitrogens with one attached hydrogen (secondary N) is 2. The average molecular weight is 323 g/mol. The summed E-state index contributed by atoms with van der Waals surface area (Å²) in [5.41, 5.74) is 1.79. The molecule has 0 radical (unpaired) electrons. The third kappa shape index (κ3) is 4.19. The van der Waals surface area contributed by atoms with Crippen molar-refractivity contribution in [1.29, 1.82) is 0 Å². The van der Waals surface area contributed by atoms with E-state index in [4.69, 9.17) is 0 Å². The minimum absolute atomic E-state index is 0.0667. The van der Waals surface area contributed by atoms with Gasteiger partial charge in [0.05, 0.1) is 0 Å². The molecule has 0 saturated heterocycles. The highest BCUT2D eigenvalue weighted by atomic mass is 16.2. The van der Waals surface area contributed by atoms with E-state index in [1.807, 2.05) is 0 Å². The molecular weight excluding hydrogens is 302 g/mol. The topological polar surface area (TPSA) is 71.1 Å². The molecule has 0 atom stereocenters. The van der Waals surface area contributed by atoms with Crippen molar-refractivity contribution in [3.05, 3.63) is 59.9 Å². The summed E-state index contributed by atoms with van der Waals surface area (Å²) in [6.45, 7) is 0. The lowest BCUT2D eigenvalue weighted by molar-refractivity contribution is 0.0926. The molecule has 1 saturated carbocycles. The molecule has 0 spiro atoms. The van der Waals surface area contributed by atoms with Gasteiger partial charge in [-0.3, -0.25) is 14.6 Å². The summed E-state index contributed by atoms with van der Waals surface area (Å²) in [6.07, 6.45) is 8.96. The highest BCUT2D eigenvalue weighted by molar-refractivity contribution is 6.05. The molecule has 1 aliphatic rings. The molecule has 5 nitrogen and oxygen atoms in total. The van der Waals surface area contributed by atoms with E-state index in [1.165, 1.54) is 19.3 Å². The van der Waals surface area contributed by atoms with E-state index in [9.17, 15) is 9.59 Å². The maximum absolute atomic E-state index is 12.3. The zero-order chi connectivity index (χ0) is 16.8. The number of rotatable bonds is 4. The molecule has 24 heavy (non-hydrogen) atoms. The summed E-state index contributed by atoms with van der Waals surface area (Å²) >= 11 is 0. The predicted octanol–water partition coefficient (Wildman–Crippen LogP) is 3.40. The van der Waals surface area contributed by atoms with E-state index in [2.05, 4.69) is 15.6 Å². The highest BCUT2D eigenvalue weighted by Gasteiger charge is 2.17. The van der Waals surface area contributed by atoms with Crippen LogP contribution in [0.5, 0.6) is 0 Å². The van der Waals surface area contributed by atoms with Crippen LogP contribution in [0.25, 0.3) is 0 Å². The van der Waals surface area contributed by atoms with Gasteiger partial charge in [0.15, 0.2) is 0 Å². The van der Waals surface area contributed by atoms with Crippen LogP contribution < -0.4 is 10.6 Å². The van der Waals surface area contributed by atoms with Crippen LogP contribution in [-0.4, -0.2) is 22.8 Å². The molecule has 124 valence electrons. The first-order valence-electron chi connectivity index (χ1n) is 8.35. The van der Waals surface area contributed by atoms with Crippen molar-refractivity contribution in [3.63, 3.8) is 0 Å². The molecule has 2 aromatic rings. The minimum Gasteiger partial charge on any atom is -0.349 e. The van der Waals surface area contributed by atoms with Crippen LogP contribution in [0.4, 0.5) is 5.69 Å². The summed E-state index contributed by atoms with van der Waals surface area (Å²) in [5, 5.41) is 5.87. The molecule has 1 heterocycles. The van der Waals surface area contributed by atoms with Crippen LogP contribution in [0.1, 0.15) is 52.8 Å². The van der Waals surface area contributed by atoms with Gasteiger partial charge in [0.25, 0.3) is 11.8 Å². The molecule has 3 rings (SSSR count).